The van der Waals surface area contributed by atoms with Crippen molar-refractivity contribution >= 4 is 23.6 Å². The first-order valence-electron chi connectivity index (χ1n) is 8.44. The highest BCUT2D eigenvalue weighted by molar-refractivity contribution is 7.98. The van der Waals surface area contributed by atoms with E-state index in [1.54, 1.807) is 6.07 Å². The zero-order valence-electron chi connectivity index (χ0n) is 14.5. The van der Waals surface area contributed by atoms with E-state index in [0.717, 1.165) is 10.5 Å². The Hall–Kier alpha value is -3.37. The van der Waals surface area contributed by atoms with E-state index in [1.165, 1.54) is 36.3 Å². The molecule has 1 aromatic heterocycles. The third kappa shape index (κ3) is 3.97. The van der Waals surface area contributed by atoms with Gasteiger partial charge in [-0.1, -0.05) is 30.0 Å². The van der Waals surface area contributed by atoms with Gasteiger partial charge < -0.3 is 5.32 Å². The van der Waals surface area contributed by atoms with Crippen LogP contribution in [0.3, 0.4) is 0 Å². The second kappa shape index (κ2) is 8.11. The molecule has 7 heteroatoms. The third-order valence-corrected chi connectivity index (χ3v) is 4.80. The maximum Gasteiger partial charge on any atom is 0.206 e. The largest absolute Gasteiger partial charge is 0.323 e. The minimum atomic E-state index is -0.424. The molecule has 0 amide bonds. The van der Waals surface area contributed by atoms with Crippen molar-refractivity contribution in [3.63, 3.8) is 0 Å². The van der Waals surface area contributed by atoms with Gasteiger partial charge in [0.1, 0.15) is 11.6 Å². The number of aromatic nitrogens is 1. The Morgan fingerprint density at radius 2 is 1.86 bits per heavy atom. The van der Waals surface area contributed by atoms with Gasteiger partial charge in [0.25, 0.3) is 0 Å². The van der Waals surface area contributed by atoms with Crippen molar-refractivity contribution in [2.24, 2.45) is 4.99 Å². The van der Waals surface area contributed by atoms with Crippen LogP contribution in [0.2, 0.25) is 0 Å². The molecule has 3 aromatic rings. The molecule has 0 radical (unpaired) electrons. The molecule has 4 rings (SSSR count). The molecule has 1 aliphatic rings. The van der Waals surface area contributed by atoms with Crippen LogP contribution in [0.5, 0.6) is 0 Å². The molecule has 0 atom stereocenters. The molecule has 2 aromatic carbocycles. The van der Waals surface area contributed by atoms with Crippen LogP contribution >= 0.6 is 11.9 Å². The van der Waals surface area contributed by atoms with Gasteiger partial charge in [0.15, 0.2) is 0 Å². The highest BCUT2D eigenvalue weighted by atomic mass is 32.2. The second-order valence-electron chi connectivity index (χ2n) is 5.84. The molecule has 0 aliphatic carbocycles. The van der Waals surface area contributed by atoms with Crippen LogP contribution in [0.15, 0.2) is 70.7 Å². The third-order valence-electron chi connectivity index (χ3n) is 3.94. The minimum Gasteiger partial charge on any atom is -0.323 e. The molecule has 0 unspecified atom stereocenters. The lowest BCUT2D eigenvalue weighted by Crippen LogP contribution is -2.30. The van der Waals surface area contributed by atoms with Gasteiger partial charge in [-0.15, -0.1) is 0 Å². The highest BCUT2D eigenvalue weighted by Gasteiger charge is 2.19. The average Bonchev–Trinajstić information content (AvgIpc) is 2.73. The van der Waals surface area contributed by atoms with Gasteiger partial charge in [0.2, 0.25) is 5.96 Å². The SMILES string of the molecule is Fc1cccnc1CN=C1NSc2ccc(F)c(C#Cc3ccccc3)c2N1.[HH]. The lowest BCUT2D eigenvalue weighted by atomic mass is 10.1. The van der Waals surface area contributed by atoms with Gasteiger partial charge in [0.05, 0.1) is 28.4 Å². The van der Waals surface area contributed by atoms with Crippen LogP contribution in [-0.4, -0.2) is 10.9 Å². The number of guanidine groups is 1. The Morgan fingerprint density at radius 3 is 2.68 bits per heavy atom. The van der Waals surface area contributed by atoms with Crippen molar-refractivity contribution < 1.29 is 10.2 Å². The molecule has 4 nitrogen and oxygen atoms in total. The van der Waals surface area contributed by atoms with E-state index in [9.17, 15) is 8.78 Å². The summed E-state index contributed by atoms with van der Waals surface area (Å²) in [5.41, 5.74) is 1.82. The molecule has 2 N–H and O–H groups in total. The van der Waals surface area contributed by atoms with Crippen molar-refractivity contribution in [1.82, 2.24) is 9.71 Å². The van der Waals surface area contributed by atoms with E-state index < -0.39 is 11.6 Å². The molecule has 1 aliphatic heterocycles. The number of halogens is 2. The van der Waals surface area contributed by atoms with Gasteiger partial charge in [-0.3, -0.25) is 9.71 Å². The van der Waals surface area contributed by atoms with Gasteiger partial charge in [-0.2, -0.15) is 0 Å². The summed E-state index contributed by atoms with van der Waals surface area (Å²) in [7, 11) is 0. The number of hydrogen-bond acceptors (Lipinski definition) is 3. The number of benzene rings is 2. The summed E-state index contributed by atoms with van der Waals surface area (Å²) in [5, 5.41) is 3.06. The van der Waals surface area contributed by atoms with Crippen molar-refractivity contribution in [3.8, 4) is 11.8 Å². The van der Waals surface area contributed by atoms with Crippen LogP contribution in [0, 0.1) is 23.5 Å². The first kappa shape index (κ1) is 18.0. The number of nitrogens with one attached hydrogen (secondary N) is 2. The zero-order valence-corrected chi connectivity index (χ0v) is 15.4. The van der Waals surface area contributed by atoms with Gasteiger partial charge in [-0.25, -0.2) is 13.8 Å². The first-order valence-corrected chi connectivity index (χ1v) is 9.25. The number of anilines is 1. The Bertz CT molecular complexity index is 1110. The van der Waals surface area contributed by atoms with E-state index in [4.69, 9.17) is 0 Å². The number of rotatable bonds is 2. The highest BCUT2D eigenvalue weighted by Crippen LogP contribution is 2.33. The molecule has 28 heavy (non-hydrogen) atoms. The Morgan fingerprint density at radius 1 is 1.00 bits per heavy atom. The van der Waals surface area contributed by atoms with Gasteiger partial charge in [-0.05, 0) is 48.3 Å². The smallest absolute Gasteiger partial charge is 0.206 e. The zero-order chi connectivity index (χ0) is 19.3. The molecule has 0 fully saturated rings. The normalized spacial score (nSPS) is 13.7. The molecular weight excluding hydrogens is 378 g/mol. The Balaban J connectivity index is 0.00000240. The topological polar surface area (TPSA) is 49.3 Å². The van der Waals surface area contributed by atoms with Crippen LogP contribution in [0.1, 0.15) is 18.2 Å². The molecular formula is C21H16F2N4S. The van der Waals surface area contributed by atoms with Crippen molar-refractivity contribution in [2.45, 2.75) is 11.4 Å². The van der Waals surface area contributed by atoms with Crippen molar-refractivity contribution in [2.75, 3.05) is 5.32 Å². The summed E-state index contributed by atoms with van der Waals surface area (Å²) in [6.07, 6.45) is 1.51. The Labute approximate surface area is 166 Å². The first-order chi connectivity index (χ1) is 13.7. The van der Waals surface area contributed by atoms with Gasteiger partial charge in [0, 0.05) is 13.2 Å². The van der Waals surface area contributed by atoms with Crippen molar-refractivity contribution in [1.29, 1.82) is 0 Å². The van der Waals surface area contributed by atoms with E-state index in [0.29, 0.717) is 11.6 Å². The maximum absolute atomic E-state index is 14.4. The van der Waals surface area contributed by atoms with Crippen LogP contribution in [-0.2, 0) is 6.54 Å². The average molecular weight is 394 g/mol. The molecule has 0 saturated heterocycles. The van der Waals surface area contributed by atoms with Crippen LogP contribution in [0.4, 0.5) is 14.5 Å². The van der Waals surface area contributed by atoms with Crippen LogP contribution in [0.25, 0.3) is 0 Å². The summed E-state index contributed by atoms with van der Waals surface area (Å²) in [6, 6.07) is 15.3. The molecule has 2 heterocycles. The predicted octanol–water partition coefficient (Wildman–Crippen LogP) is 4.58. The fourth-order valence-electron chi connectivity index (χ4n) is 2.55. The van der Waals surface area contributed by atoms with Gasteiger partial charge >= 0.3 is 0 Å². The quantitative estimate of drug-likeness (QED) is 0.493. The number of nitrogens with zero attached hydrogens (tertiary/aromatic N) is 2. The number of fused-ring (bicyclic) bond motifs is 1. The predicted molar refractivity (Wildman–Crippen MR) is 109 cm³/mol. The fraction of sp³-hybridized carbons (Fsp3) is 0.0476. The van der Waals surface area contributed by atoms with E-state index in [1.807, 2.05) is 30.3 Å². The summed E-state index contributed by atoms with van der Waals surface area (Å²) >= 11 is 1.29. The maximum atomic E-state index is 14.4. The second-order valence-corrected chi connectivity index (χ2v) is 6.69. The van der Waals surface area contributed by atoms with Crippen molar-refractivity contribution in [3.05, 3.63) is 89.2 Å². The fourth-order valence-corrected chi connectivity index (χ4v) is 3.27. The Kier molecular flexibility index (Phi) is 5.22. The molecule has 0 saturated carbocycles. The number of pyridine rings is 1. The monoisotopic (exact) mass is 394 g/mol. The van der Waals surface area contributed by atoms with E-state index in [-0.39, 0.29) is 19.2 Å². The summed E-state index contributed by atoms with van der Waals surface area (Å²) in [5.74, 6) is 5.42. The molecule has 0 spiro atoms. The van der Waals surface area contributed by atoms with E-state index >= 15 is 0 Å². The molecule has 140 valence electrons. The number of aliphatic imine (C=N–C) groups is 1. The summed E-state index contributed by atoms with van der Waals surface area (Å²) in [6.45, 7) is 0.0538. The lowest BCUT2D eigenvalue weighted by molar-refractivity contribution is 0.600. The lowest BCUT2D eigenvalue weighted by Gasteiger charge is -2.21. The summed E-state index contributed by atoms with van der Waals surface area (Å²) < 4.78 is 31.2. The standard InChI is InChI=1S/C21H14F2N4S.H2/c22-16-10-11-19-20(15(16)9-8-14-5-2-1-3-6-14)26-21(27-28-19)25-13-18-17(23)7-4-12-24-18;/h1-7,10-12H,13H2,(H2,25,26,27);1H. The summed E-state index contributed by atoms with van der Waals surface area (Å²) in [4.78, 5) is 9.07. The van der Waals surface area contributed by atoms with E-state index in [2.05, 4.69) is 31.9 Å². The minimum absolute atomic E-state index is 0. The molecule has 0 bridgehead atoms. The van der Waals surface area contributed by atoms with Crippen LogP contribution < -0.4 is 10.0 Å². The number of hydrogen-bond donors (Lipinski definition) is 2.